The highest BCUT2D eigenvalue weighted by Crippen LogP contribution is 2.29. The van der Waals surface area contributed by atoms with E-state index < -0.39 is 0 Å². The Bertz CT molecular complexity index is 1460. The van der Waals surface area contributed by atoms with Gasteiger partial charge in [-0.15, -0.1) is 0 Å². The van der Waals surface area contributed by atoms with Gasteiger partial charge in [0.25, 0.3) is 11.8 Å². The molecule has 0 saturated carbocycles. The number of hydrogen-bond acceptors (Lipinski definition) is 3. The fourth-order valence-electron chi connectivity index (χ4n) is 4.90. The van der Waals surface area contributed by atoms with Crippen LogP contribution in [0.3, 0.4) is 0 Å². The second-order valence-corrected chi connectivity index (χ2v) is 9.50. The molecule has 34 heavy (non-hydrogen) atoms. The molecular formula is C25H21Cl2N5O2. The van der Waals surface area contributed by atoms with Crippen molar-refractivity contribution in [3.63, 3.8) is 0 Å². The van der Waals surface area contributed by atoms with E-state index in [4.69, 9.17) is 28.3 Å². The third kappa shape index (κ3) is 3.47. The molecule has 0 fully saturated rings. The minimum atomic E-state index is -0.136. The fraction of sp³-hybridized carbons (Fsp3) is 0.240. The van der Waals surface area contributed by atoms with Gasteiger partial charge in [0.05, 0.1) is 28.8 Å². The predicted octanol–water partition coefficient (Wildman–Crippen LogP) is 4.53. The molecule has 1 N–H and O–H groups in total. The average molecular weight is 494 g/mol. The maximum atomic E-state index is 13.6. The number of aromatic amines is 1. The lowest BCUT2D eigenvalue weighted by Gasteiger charge is -2.30. The van der Waals surface area contributed by atoms with Gasteiger partial charge in [0.15, 0.2) is 0 Å². The number of fused-ring (bicyclic) bond motifs is 4. The van der Waals surface area contributed by atoms with Gasteiger partial charge in [-0.25, -0.2) is 0 Å². The third-order valence-electron chi connectivity index (χ3n) is 6.66. The van der Waals surface area contributed by atoms with Crippen molar-refractivity contribution in [3.8, 4) is 0 Å². The van der Waals surface area contributed by atoms with Crippen LogP contribution in [0.2, 0.25) is 10.0 Å². The molecule has 0 spiro atoms. The van der Waals surface area contributed by atoms with Crippen molar-refractivity contribution in [1.29, 1.82) is 0 Å². The minimum absolute atomic E-state index is 0.0471. The summed E-state index contributed by atoms with van der Waals surface area (Å²) in [5, 5.41) is 6.57. The van der Waals surface area contributed by atoms with E-state index in [2.05, 4.69) is 11.1 Å². The summed E-state index contributed by atoms with van der Waals surface area (Å²) in [6, 6.07) is 13.0. The molecule has 0 saturated heterocycles. The van der Waals surface area contributed by atoms with Crippen molar-refractivity contribution in [2.45, 2.75) is 26.1 Å². The second-order valence-electron chi connectivity index (χ2n) is 8.69. The highest BCUT2D eigenvalue weighted by molar-refractivity contribution is 6.42. The number of H-pyrrole nitrogens is 1. The molecule has 0 unspecified atom stereocenters. The number of carbonyl (C=O) groups excluding carboxylic acids is 2. The molecule has 0 bridgehead atoms. The Kier molecular flexibility index (Phi) is 5.12. The molecule has 0 radical (unpaired) electrons. The Hall–Kier alpha value is -3.29. The number of halogens is 2. The highest BCUT2D eigenvalue weighted by Gasteiger charge is 2.35. The molecular weight excluding hydrogens is 473 g/mol. The first kappa shape index (κ1) is 21.3. The van der Waals surface area contributed by atoms with E-state index in [1.54, 1.807) is 23.1 Å². The monoisotopic (exact) mass is 493 g/mol. The number of rotatable bonds is 3. The van der Waals surface area contributed by atoms with Gasteiger partial charge < -0.3 is 14.8 Å². The normalized spacial score (nSPS) is 15.5. The zero-order chi connectivity index (χ0) is 23.4. The Labute approximate surface area is 205 Å². The van der Waals surface area contributed by atoms with Gasteiger partial charge >= 0.3 is 0 Å². The fourth-order valence-corrected chi connectivity index (χ4v) is 5.20. The van der Waals surface area contributed by atoms with E-state index in [0.29, 0.717) is 60.4 Å². The van der Waals surface area contributed by atoms with Crippen LogP contribution in [0.15, 0.2) is 48.7 Å². The van der Waals surface area contributed by atoms with Crippen LogP contribution >= 0.6 is 23.2 Å². The Balaban J connectivity index is 1.27. The van der Waals surface area contributed by atoms with Crippen LogP contribution in [0.25, 0.3) is 10.9 Å². The molecule has 4 heterocycles. The van der Waals surface area contributed by atoms with Crippen LogP contribution in [-0.4, -0.2) is 49.5 Å². The molecule has 2 aliphatic rings. The van der Waals surface area contributed by atoms with Crippen LogP contribution in [-0.2, 0) is 26.1 Å². The van der Waals surface area contributed by atoms with Crippen LogP contribution in [0, 0.1) is 0 Å². The van der Waals surface area contributed by atoms with E-state index >= 15 is 0 Å². The lowest BCUT2D eigenvalue weighted by atomic mass is 10.0. The molecule has 4 aromatic rings. The molecule has 0 atom stereocenters. The summed E-state index contributed by atoms with van der Waals surface area (Å²) in [4.78, 5) is 33.6. The Morgan fingerprint density at radius 3 is 2.76 bits per heavy atom. The van der Waals surface area contributed by atoms with Crippen molar-refractivity contribution in [2.75, 3.05) is 13.1 Å². The second kappa shape index (κ2) is 8.18. The SMILES string of the molecule is O=C(c1ccc(Cl)c(Cl)c1)N1CCc2nn3c(c2C1)C(=O)N(Cc1c[nH]c2ccccc12)CC3. The van der Waals surface area contributed by atoms with Crippen molar-refractivity contribution >= 4 is 45.9 Å². The van der Waals surface area contributed by atoms with Crippen LogP contribution in [0.1, 0.15) is 37.7 Å². The van der Waals surface area contributed by atoms with Gasteiger partial charge in [-0.2, -0.15) is 5.10 Å². The molecule has 2 aromatic carbocycles. The molecule has 2 aromatic heterocycles. The number of benzene rings is 2. The van der Waals surface area contributed by atoms with Crippen LogP contribution in [0.4, 0.5) is 0 Å². The van der Waals surface area contributed by atoms with Crippen molar-refractivity contribution in [1.82, 2.24) is 24.6 Å². The first-order valence-electron chi connectivity index (χ1n) is 11.2. The minimum Gasteiger partial charge on any atom is -0.361 e. The van der Waals surface area contributed by atoms with Gasteiger partial charge in [0.2, 0.25) is 0 Å². The summed E-state index contributed by atoms with van der Waals surface area (Å²) in [5.74, 6) is -0.183. The number of nitrogens with one attached hydrogen (secondary N) is 1. The van der Waals surface area contributed by atoms with Crippen molar-refractivity contribution in [3.05, 3.63) is 86.8 Å². The number of hydrogen-bond donors (Lipinski definition) is 1. The highest BCUT2D eigenvalue weighted by atomic mass is 35.5. The van der Waals surface area contributed by atoms with Crippen LogP contribution in [0.5, 0.6) is 0 Å². The molecule has 172 valence electrons. The molecule has 0 aliphatic carbocycles. The average Bonchev–Trinajstić information content (AvgIpc) is 3.43. The summed E-state index contributed by atoms with van der Waals surface area (Å²) < 4.78 is 1.81. The topological polar surface area (TPSA) is 74.2 Å². The first-order chi connectivity index (χ1) is 16.5. The number of amides is 2. The van der Waals surface area contributed by atoms with Gasteiger partial charge in [-0.3, -0.25) is 14.3 Å². The molecule has 6 rings (SSSR count). The first-order valence-corrected chi connectivity index (χ1v) is 11.9. The van der Waals surface area contributed by atoms with E-state index in [0.717, 1.165) is 27.7 Å². The van der Waals surface area contributed by atoms with E-state index in [1.165, 1.54) is 0 Å². The standard InChI is InChI=1S/C25H21Cl2N5O2/c26-19-6-5-15(11-20(19)27)24(33)30-8-7-22-18(14-30)23-25(34)31(9-10-32(23)29-22)13-16-12-28-21-4-2-1-3-17(16)21/h1-6,11-12,28H,7-10,13-14H2. The van der Waals surface area contributed by atoms with Crippen molar-refractivity contribution < 1.29 is 9.59 Å². The summed E-state index contributed by atoms with van der Waals surface area (Å²) in [6.07, 6.45) is 2.58. The predicted molar refractivity (Wildman–Crippen MR) is 130 cm³/mol. The van der Waals surface area contributed by atoms with E-state index in [-0.39, 0.29) is 11.8 Å². The summed E-state index contributed by atoms with van der Waals surface area (Å²) in [5.41, 5.74) is 4.95. The maximum absolute atomic E-state index is 13.6. The van der Waals surface area contributed by atoms with Crippen molar-refractivity contribution in [2.24, 2.45) is 0 Å². The lowest BCUT2D eigenvalue weighted by Crippen LogP contribution is -2.41. The largest absolute Gasteiger partial charge is 0.361 e. The number of para-hydroxylation sites is 1. The summed E-state index contributed by atoms with van der Waals surface area (Å²) in [6.45, 7) is 2.63. The lowest BCUT2D eigenvalue weighted by molar-refractivity contribution is 0.0671. The van der Waals surface area contributed by atoms with E-state index in [9.17, 15) is 9.59 Å². The van der Waals surface area contributed by atoms with Gasteiger partial charge in [0.1, 0.15) is 5.69 Å². The van der Waals surface area contributed by atoms with Gasteiger partial charge in [-0.1, -0.05) is 41.4 Å². The van der Waals surface area contributed by atoms with Gasteiger partial charge in [0, 0.05) is 54.3 Å². The zero-order valence-corrected chi connectivity index (χ0v) is 19.7. The molecule has 2 amide bonds. The van der Waals surface area contributed by atoms with E-state index in [1.807, 2.05) is 34.0 Å². The molecule has 9 heteroatoms. The summed E-state index contributed by atoms with van der Waals surface area (Å²) >= 11 is 12.1. The quantitative estimate of drug-likeness (QED) is 0.455. The molecule has 7 nitrogen and oxygen atoms in total. The number of carbonyl (C=O) groups is 2. The number of aromatic nitrogens is 3. The smallest absolute Gasteiger partial charge is 0.272 e. The third-order valence-corrected chi connectivity index (χ3v) is 7.40. The maximum Gasteiger partial charge on any atom is 0.272 e. The van der Waals surface area contributed by atoms with Gasteiger partial charge in [-0.05, 0) is 29.8 Å². The Morgan fingerprint density at radius 1 is 1.06 bits per heavy atom. The number of nitrogens with zero attached hydrogens (tertiary/aromatic N) is 4. The summed E-state index contributed by atoms with van der Waals surface area (Å²) in [7, 11) is 0. The Morgan fingerprint density at radius 2 is 1.91 bits per heavy atom. The molecule has 2 aliphatic heterocycles. The van der Waals surface area contributed by atoms with Crippen LogP contribution < -0.4 is 0 Å². The zero-order valence-electron chi connectivity index (χ0n) is 18.2.